The molecule has 0 saturated carbocycles. The lowest BCUT2D eigenvalue weighted by molar-refractivity contribution is -0.384. The van der Waals surface area contributed by atoms with Crippen LogP contribution in [0.4, 0.5) is 17.1 Å². The number of rotatable bonds is 4. The Labute approximate surface area is 168 Å². The average molecular weight is 401 g/mol. The Kier molecular flexibility index (Phi) is 4.84. The van der Waals surface area contributed by atoms with E-state index < -0.39 is 28.3 Å². The van der Waals surface area contributed by atoms with Crippen molar-refractivity contribution < 1.29 is 24.7 Å². The van der Waals surface area contributed by atoms with Crippen molar-refractivity contribution in [3.05, 3.63) is 27.8 Å². The van der Waals surface area contributed by atoms with Crippen molar-refractivity contribution >= 4 is 29.0 Å². The quantitative estimate of drug-likeness (QED) is 0.391. The van der Waals surface area contributed by atoms with E-state index in [0.717, 1.165) is 25.7 Å². The molecule has 156 valence electrons. The van der Waals surface area contributed by atoms with Crippen molar-refractivity contribution in [3.63, 3.8) is 0 Å². The first kappa shape index (κ1) is 19.5. The molecule has 1 atom stereocenters. The van der Waals surface area contributed by atoms with Gasteiger partial charge in [-0.1, -0.05) is 0 Å². The fourth-order valence-corrected chi connectivity index (χ4v) is 5.30. The zero-order valence-electron chi connectivity index (χ0n) is 16.1. The number of fused-ring (bicyclic) bond motifs is 3. The van der Waals surface area contributed by atoms with Gasteiger partial charge in [-0.2, -0.15) is 0 Å². The molecule has 4 rings (SSSR count). The van der Waals surface area contributed by atoms with Crippen molar-refractivity contribution in [1.82, 2.24) is 0 Å². The van der Waals surface area contributed by atoms with E-state index in [-0.39, 0.29) is 12.1 Å². The Morgan fingerprint density at radius 1 is 1.00 bits per heavy atom. The minimum absolute atomic E-state index is 0.119. The standard InChI is InChI=1S/C20H25N3O6/c24-18(25)20(19(26)27)12-13-14(22-11-5-2-6-16(20)22)7-8-15(23(28)29)17(13)21-9-3-1-4-10-21/h7-8,16H,1-6,9-12H2,(H,24,25)(H,26,27)/p-2/t16-/m1/s1. The lowest BCUT2D eigenvalue weighted by atomic mass is 9.68. The molecule has 9 nitrogen and oxygen atoms in total. The van der Waals surface area contributed by atoms with Crippen LogP contribution < -0.4 is 20.0 Å². The van der Waals surface area contributed by atoms with Gasteiger partial charge in [0, 0.05) is 43.0 Å². The van der Waals surface area contributed by atoms with Crippen LogP contribution in [0.3, 0.4) is 0 Å². The molecule has 0 aromatic heterocycles. The Balaban J connectivity index is 1.96. The molecule has 9 heteroatoms. The maximum Gasteiger partial charge on any atom is 0.292 e. The molecule has 1 aromatic rings. The van der Waals surface area contributed by atoms with Crippen LogP contribution in [0, 0.1) is 15.5 Å². The highest BCUT2D eigenvalue weighted by Gasteiger charge is 2.51. The summed E-state index contributed by atoms with van der Waals surface area (Å²) in [6.45, 7) is 1.73. The molecule has 0 radical (unpaired) electrons. The van der Waals surface area contributed by atoms with Gasteiger partial charge in [0.05, 0.1) is 22.3 Å². The molecule has 0 N–H and O–H groups in total. The van der Waals surface area contributed by atoms with Crippen LogP contribution in [-0.4, -0.2) is 42.5 Å². The van der Waals surface area contributed by atoms with Gasteiger partial charge in [0.2, 0.25) is 0 Å². The molecule has 3 aliphatic rings. The molecule has 1 aromatic carbocycles. The van der Waals surface area contributed by atoms with Gasteiger partial charge in [0.25, 0.3) is 5.69 Å². The van der Waals surface area contributed by atoms with Crippen LogP contribution in [0.5, 0.6) is 0 Å². The largest absolute Gasteiger partial charge is 0.549 e. The van der Waals surface area contributed by atoms with E-state index in [1.54, 1.807) is 11.0 Å². The Morgan fingerprint density at radius 3 is 2.28 bits per heavy atom. The van der Waals surface area contributed by atoms with Crippen LogP contribution in [-0.2, 0) is 16.0 Å². The van der Waals surface area contributed by atoms with Crippen LogP contribution >= 0.6 is 0 Å². The molecule has 0 aliphatic carbocycles. The van der Waals surface area contributed by atoms with Crippen molar-refractivity contribution in [2.75, 3.05) is 29.4 Å². The predicted octanol–water partition coefficient (Wildman–Crippen LogP) is -0.0137. The maximum atomic E-state index is 12.2. The van der Waals surface area contributed by atoms with Crippen LogP contribution in [0.15, 0.2) is 12.1 Å². The Morgan fingerprint density at radius 2 is 1.66 bits per heavy atom. The smallest absolute Gasteiger partial charge is 0.292 e. The zero-order chi connectivity index (χ0) is 20.8. The number of benzene rings is 1. The van der Waals surface area contributed by atoms with Gasteiger partial charge in [0.1, 0.15) is 5.69 Å². The minimum Gasteiger partial charge on any atom is -0.549 e. The Hall–Kier alpha value is -2.84. The highest BCUT2D eigenvalue weighted by atomic mass is 16.6. The molecule has 29 heavy (non-hydrogen) atoms. The van der Waals surface area contributed by atoms with Gasteiger partial charge in [-0.3, -0.25) is 10.1 Å². The predicted molar refractivity (Wildman–Crippen MR) is 100 cm³/mol. The number of nitrogens with zero attached hydrogens (tertiary/aromatic N) is 3. The van der Waals surface area contributed by atoms with E-state index in [1.807, 2.05) is 4.90 Å². The van der Waals surface area contributed by atoms with Gasteiger partial charge in [-0.15, -0.1) is 0 Å². The van der Waals surface area contributed by atoms with Crippen molar-refractivity contribution in [2.45, 2.75) is 51.0 Å². The third kappa shape index (κ3) is 2.90. The minimum atomic E-state index is -2.23. The number of carboxylic acids is 2. The number of hydrogen-bond donors (Lipinski definition) is 0. The number of nitro benzene ring substituents is 1. The average Bonchev–Trinajstić information content (AvgIpc) is 2.72. The monoisotopic (exact) mass is 401 g/mol. The van der Waals surface area contributed by atoms with Gasteiger partial charge in [-0.05, 0) is 51.0 Å². The first-order valence-corrected chi connectivity index (χ1v) is 10.1. The molecule has 0 spiro atoms. The molecule has 3 heterocycles. The van der Waals surface area contributed by atoms with Gasteiger partial charge in [-0.25, -0.2) is 0 Å². The van der Waals surface area contributed by atoms with Gasteiger partial charge >= 0.3 is 0 Å². The Bertz CT molecular complexity index is 850. The number of hydrogen-bond acceptors (Lipinski definition) is 8. The number of carbonyl (C=O) groups excluding carboxylic acids is 2. The number of piperidine rings is 2. The number of nitro groups is 1. The van der Waals surface area contributed by atoms with E-state index in [0.29, 0.717) is 49.4 Å². The molecule has 2 saturated heterocycles. The number of carbonyl (C=O) groups is 2. The second-order valence-electron chi connectivity index (χ2n) is 8.16. The summed E-state index contributed by atoms with van der Waals surface area (Å²) < 4.78 is 0. The topological polar surface area (TPSA) is 130 Å². The lowest BCUT2D eigenvalue weighted by Crippen LogP contribution is -2.68. The summed E-state index contributed by atoms with van der Waals surface area (Å²) in [7, 11) is 0. The van der Waals surface area contributed by atoms with E-state index in [2.05, 4.69) is 0 Å². The number of carboxylic acid groups (broad SMARTS) is 2. The first-order valence-electron chi connectivity index (χ1n) is 10.1. The molecule has 2 fully saturated rings. The highest BCUT2D eigenvalue weighted by molar-refractivity contribution is 6.00. The lowest BCUT2D eigenvalue weighted by Gasteiger charge is -2.55. The fourth-order valence-electron chi connectivity index (χ4n) is 5.30. The van der Waals surface area contributed by atoms with Crippen molar-refractivity contribution in [2.24, 2.45) is 5.41 Å². The van der Waals surface area contributed by atoms with Crippen molar-refractivity contribution in [1.29, 1.82) is 0 Å². The molecule has 0 bridgehead atoms. The molecule has 0 unspecified atom stereocenters. The SMILES string of the molecule is O=C([O-])C1(C(=O)[O-])Cc2c(ccc([N+](=O)[O-])c2N2CCCCC2)N2CCCC[C@@H]21. The van der Waals surface area contributed by atoms with Crippen LogP contribution in [0.25, 0.3) is 0 Å². The summed E-state index contributed by atoms with van der Waals surface area (Å²) in [5.41, 5.74) is -0.894. The van der Waals surface area contributed by atoms with Crippen LogP contribution in [0.2, 0.25) is 0 Å². The summed E-state index contributed by atoms with van der Waals surface area (Å²) >= 11 is 0. The first-order chi connectivity index (χ1) is 13.9. The van der Waals surface area contributed by atoms with E-state index in [9.17, 15) is 29.9 Å². The molecular formula is C20H23N3O6-2. The summed E-state index contributed by atoms with van der Waals surface area (Å²) in [5.74, 6) is -3.37. The number of aliphatic carboxylic acids is 2. The summed E-state index contributed by atoms with van der Waals surface area (Å²) in [5, 5.41) is 36.1. The third-order valence-electron chi connectivity index (χ3n) is 6.67. The van der Waals surface area contributed by atoms with E-state index in [1.165, 1.54) is 6.07 Å². The zero-order valence-corrected chi connectivity index (χ0v) is 16.1. The van der Waals surface area contributed by atoms with E-state index >= 15 is 0 Å². The van der Waals surface area contributed by atoms with E-state index in [4.69, 9.17) is 0 Å². The summed E-state index contributed by atoms with van der Waals surface area (Å²) in [4.78, 5) is 39.4. The van der Waals surface area contributed by atoms with Gasteiger partial charge < -0.3 is 29.6 Å². The molecular weight excluding hydrogens is 378 g/mol. The van der Waals surface area contributed by atoms with Crippen LogP contribution in [0.1, 0.15) is 44.1 Å². The fraction of sp³-hybridized carbons (Fsp3) is 0.600. The molecule has 0 amide bonds. The summed E-state index contributed by atoms with van der Waals surface area (Å²) in [6, 6.07) is 2.31. The highest BCUT2D eigenvalue weighted by Crippen LogP contribution is 2.50. The second-order valence-corrected chi connectivity index (χ2v) is 8.16. The third-order valence-corrected chi connectivity index (χ3v) is 6.67. The normalized spacial score (nSPS) is 23.1. The second kappa shape index (κ2) is 7.20. The van der Waals surface area contributed by atoms with Crippen molar-refractivity contribution in [3.8, 4) is 0 Å². The van der Waals surface area contributed by atoms with Gasteiger partial charge in [0.15, 0.2) is 0 Å². The maximum absolute atomic E-state index is 12.2. The molecule has 3 aliphatic heterocycles. The number of anilines is 2. The summed E-state index contributed by atoms with van der Waals surface area (Å²) in [6.07, 6.45) is 4.32.